The highest BCUT2D eigenvalue weighted by Crippen LogP contribution is 2.17. The van der Waals surface area contributed by atoms with E-state index in [1.54, 1.807) is 0 Å². The van der Waals surface area contributed by atoms with Crippen LogP contribution in [0.1, 0.15) is 5.56 Å². The molecule has 0 bridgehead atoms. The Morgan fingerprint density at radius 2 is 1.75 bits per heavy atom. The van der Waals surface area contributed by atoms with Crippen molar-refractivity contribution < 1.29 is 4.12 Å². The van der Waals surface area contributed by atoms with Crippen LogP contribution in [0, 0.1) is 0 Å². The maximum absolute atomic E-state index is 6.14. The summed E-state index contributed by atoms with van der Waals surface area (Å²) in [6, 6.07) is 9.38. The number of hydrogen-bond donors (Lipinski definition) is 1. The molecule has 0 aromatic heterocycles. The van der Waals surface area contributed by atoms with E-state index in [1.165, 1.54) is 11.6 Å². The Balaban J connectivity index is 2.47. The molecule has 1 rings (SSSR count). The Kier molecular flexibility index (Phi) is 4.76. The van der Waals surface area contributed by atoms with E-state index in [2.05, 4.69) is 38.3 Å². The molecular formula is C12H23NOSi2. The summed E-state index contributed by atoms with van der Waals surface area (Å²) in [5, 5.41) is 0. The highest BCUT2D eigenvalue weighted by Gasteiger charge is 2.22. The first kappa shape index (κ1) is 13.5. The van der Waals surface area contributed by atoms with Crippen molar-refractivity contribution >= 4 is 23.0 Å². The Bertz CT molecular complexity index is 322. The number of nitrogen functional groups attached to an aromatic ring is 1. The minimum absolute atomic E-state index is 0.839. The molecule has 0 saturated heterocycles. The molecule has 0 amide bonds. The van der Waals surface area contributed by atoms with Gasteiger partial charge in [0.1, 0.15) is 0 Å². The lowest BCUT2D eigenvalue weighted by Gasteiger charge is -2.25. The van der Waals surface area contributed by atoms with Crippen LogP contribution in [0.15, 0.2) is 24.3 Å². The predicted octanol–water partition coefficient (Wildman–Crippen LogP) is 3.02. The van der Waals surface area contributed by atoms with Gasteiger partial charge in [0.15, 0.2) is 17.4 Å². The minimum atomic E-state index is -1.43. The molecule has 4 heteroatoms. The molecule has 90 valence electrons. The van der Waals surface area contributed by atoms with E-state index in [0.29, 0.717) is 0 Å². The van der Waals surface area contributed by atoms with E-state index in [1.807, 2.05) is 12.1 Å². The molecule has 0 fully saturated rings. The second kappa shape index (κ2) is 5.66. The monoisotopic (exact) mass is 253 g/mol. The summed E-state index contributed by atoms with van der Waals surface area (Å²) in [5.74, 6) is 0. The fourth-order valence-electron chi connectivity index (χ4n) is 1.83. The van der Waals surface area contributed by atoms with Crippen LogP contribution in [-0.2, 0) is 10.5 Å². The Morgan fingerprint density at radius 1 is 1.19 bits per heavy atom. The molecule has 0 saturated carbocycles. The van der Waals surface area contributed by atoms with Gasteiger partial charge in [0.2, 0.25) is 0 Å². The molecule has 0 aliphatic carbocycles. The molecule has 0 spiro atoms. The lowest BCUT2D eigenvalue weighted by molar-refractivity contribution is 0.569. The van der Waals surface area contributed by atoms with Gasteiger partial charge in [-0.25, -0.2) is 0 Å². The molecule has 1 aromatic rings. The Hall–Kier alpha value is -0.586. The fourth-order valence-corrected chi connectivity index (χ4v) is 8.29. The van der Waals surface area contributed by atoms with Crippen LogP contribution in [0.3, 0.4) is 0 Å². The summed E-state index contributed by atoms with van der Waals surface area (Å²) >= 11 is 0. The van der Waals surface area contributed by atoms with Crippen molar-refractivity contribution in [1.82, 2.24) is 0 Å². The first-order chi connectivity index (χ1) is 7.39. The summed E-state index contributed by atoms with van der Waals surface area (Å²) < 4.78 is 6.14. The molecule has 0 aliphatic heterocycles. The lowest BCUT2D eigenvalue weighted by atomic mass is 10.1. The molecule has 2 nitrogen and oxygen atoms in total. The molecule has 0 atom stereocenters. The normalized spacial score (nSPS) is 12.1. The first-order valence-corrected chi connectivity index (χ1v) is 11.8. The molecule has 16 heavy (non-hydrogen) atoms. The van der Waals surface area contributed by atoms with Crippen molar-refractivity contribution in [3.05, 3.63) is 29.8 Å². The number of rotatable bonds is 5. The largest absolute Gasteiger partial charge is 0.458 e. The molecule has 1 aromatic carbocycles. The summed E-state index contributed by atoms with van der Waals surface area (Å²) in [4.78, 5) is 0. The highest BCUT2D eigenvalue weighted by atomic mass is 28.4. The van der Waals surface area contributed by atoms with Crippen molar-refractivity contribution in [2.75, 3.05) is 5.73 Å². The zero-order valence-electron chi connectivity index (χ0n) is 10.8. The average molecular weight is 253 g/mol. The van der Waals surface area contributed by atoms with Gasteiger partial charge >= 0.3 is 0 Å². The standard InChI is InChI=1S/C12H23NOSi2/c1-15(2)14-16(3,4)10-9-11-5-7-12(13)8-6-11/h5-8,15H,9-10,13H2,1-4H3. The van der Waals surface area contributed by atoms with Gasteiger partial charge in [-0.05, 0) is 56.3 Å². The van der Waals surface area contributed by atoms with Crippen LogP contribution < -0.4 is 5.73 Å². The predicted molar refractivity (Wildman–Crippen MR) is 76.8 cm³/mol. The van der Waals surface area contributed by atoms with Gasteiger partial charge in [-0.15, -0.1) is 0 Å². The topological polar surface area (TPSA) is 35.2 Å². The van der Waals surface area contributed by atoms with Crippen molar-refractivity contribution in [1.29, 1.82) is 0 Å². The van der Waals surface area contributed by atoms with Crippen molar-refractivity contribution in [2.24, 2.45) is 0 Å². The van der Waals surface area contributed by atoms with E-state index in [-0.39, 0.29) is 0 Å². The average Bonchev–Trinajstić information content (AvgIpc) is 2.15. The SMILES string of the molecule is C[SiH](C)O[Si](C)(C)CCc1ccc(N)cc1. The fraction of sp³-hybridized carbons (Fsp3) is 0.500. The minimum Gasteiger partial charge on any atom is -0.458 e. The number of benzene rings is 1. The summed E-state index contributed by atoms with van der Waals surface area (Å²) in [7, 11) is -2.32. The highest BCUT2D eigenvalue weighted by molar-refractivity contribution is 6.77. The Morgan fingerprint density at radius 3 is 2.25 bits per heavy atom. The van der Waals surface area contributed by atoms with Crippen LogP contribution >= 0.6 is 0 Å². The van der Waals surface area contributed by atoms with Crippen LogP contribution in [0.25, 0.3) is 0 Å². The van der Waals surface area contributed by atoms with Gasteiger partial charge in [0.25, 0.3) is 0 Å². The lowest BCUT2D eigenvalue weighted by Crippen LogP contribution is -2.35. The van der Waals surface area contributed by atoms with E-state index >= 15 is 0 Å². The van der Waals surface area contributed by atoms with Crippen LogP contribution in [0.5, 0.6) is 0 Å². The second-order valence-corrected chi connectivity index (χ2v) is 12.2. The maximum atomic E-state index is 6.14. The third-order valence-corrected chi connectivity index (χ3v) is 8.44. The number of hydrogen-bond acceptors (Lipinski definition) is 2. The quantitative estimate of drug-likeness (QED) is 0.647. The first-order valence-electron chi connectivity index (χ1n) is 5.91. The van der Waals surface area contributed by atoms with E-state index in [9.17, 15) is 0 Å². The number of nitrogens with two attached hydrogens (primary N) is 1. The van der Waals surface area contributed by atoms with E-state index in [4.69, 9.17) is 9.85 Å². The van der Waals surface area contributed by atoms with Crippen molar-refractivity contribution in [2.45, 2.75) is 38.7 Å². The van der Waals surface area contributed by atoms with Crippen molar-refractivity contribution in [3.63, 3.8) is 0 Å². The van der Waals surface area contributed by atoms with Crippen molar-refractivity contribution in [3.8, 4) is 0 Å². The van der Waals surface area contributed by atoms with Gasteiger partial charge in [-0.3, -0.25) is 0 Å². The number of aryl methyl sites for hydroxylation is 1. The van der Waals surface area contributed by atoms with Gasteiger partial charge in [-0.2, -0.15) is 0 Å². The zero-order valence-corrected chi connectivity index (χ0v) is 12.9. The van der Waals surface area contributed by atoms with Crippen LogP contribution in [0.2, 0.25) is 32.2 Å². The third kappa shape index (κ3) is 4.96. The molecule has 0 radical (unpaired) electrons. The number of anilines is 1. The summed E-state index contributed by atoms with van der Waals surface area (Å²) in [5.41, 5.74) is 7.87. The Labute approximate surface area is 102 Å². The maximum Gasteiger partial charge on any atom is 0.173 e. The molecular weight excluding hydrogens is 230 g/mol. The van der Waals surface area contributed by atoms with E-state index in [0.717, 1.165) is 12.1 Å². The third-order valence-electron chi connectivity index (χ3n) is 2.55. The molecule has 0 aliphatic rings. The van der Waals surface area contributed by atoms with Gasteiger partial charge in [0.05, 0.1) is 0 Å². The summed E-state index contributed by atoms with van der Waals surface area (Å²) in [6.45, 7) is 9.13. The second-order valence-electron chi connectivity index (χ2n) is 5.17. The van der Waals surface area contributed by atoms with Gasteiger partial charge in [-0.1, -0.05) is 12.1 Å². The van der Waals surface area contributed by atoms with Gasteiger partial charge in [0, 0.05) is 5.69 Å². The van der Waals surface area contributed by atoms with Crippen LogP contribution in [0.4, 0.5) is 5.69 Å². The van der Waals surface area contributed by atoms with E-state index < -0.39 is 17.4 Å². The molecule has 2 N–H and O–H groups in total. The summed E-state index contributed by atoms with van der Waals surface area (Å²) in [6.07, 6.45) is 1.11. The zero-order chi connectivity index (χ0) is 12.2. The molecule has 0 unspecified atom stereocenters. The molecule has 0 heterocycles. The smallest absolute Gasteiger partial charge is 0.173 e. The van der Waals surface area contributed by atoms with Crippen LogP contribution in [-0.4, -0.2) is 17.4 Å². The van der Waals surface area contributed by atoms with Gasteiger partial charge < -0.3 is 9.85 Å².